The maximum atomic E-state index is 5.78. The average Bonchev–Trinajstić information content (AvgIpc) is 2.76. The van der Waals surface area contributed by atoms with Crippen LogP contribution in [0.1, 0.15) is 45.0 Å². The molecule has 1 aromatic heterocycles. The minimum Gasteiger partial charge on any atom is -0.308 e. The van der Waals surface area contributed by atoms with Crippen molar-refractivity contribution in [2.45, 2.75) is 59.2 Å². The average molecular weight is 258 g/mol. The molecule has 98 valence electrons. The Labute approximate surface area is 110 Å². The van der Waals surface area contributed by atoms with Crippen LogP contribution in [0.4, 0.5) is 0 Å². The van der Waals surface area contributed by atoms with E-state index in [-0.39, 0.29) is 0 Å². The zero-order valence-electron chi connectivity index (χ0n) is 11.2. The Kier molecular flexibility index (Phi) is 6.60. The fraction of sp³-hybridized carbons (Fsp3) is 0.769. The molecule has 0 aromatic carbocycles. The normalized spacial score (nSPS) is 12.9. The van der Waals surface area contributed by atoms with Gasteiger partial charge in [-0.2, -0.15) is 5.10 Å². The molecule has 0 amide bonds. The maximum absolute atomic E-state index is 5.78. The third-order valence-electron chi connectivity index (χ3n) is 3.10. The van der Waals surface area contributed by atoms with E-state index in [1.807, 2.05) is 0 Å². The van der Waals surface area contributed by atoms with Crippen molar-refractivity contribution in [1.82, 2.24) is 15.1 Å². The summed E-state index contributed by atoms with van der Waals surface area (Å²) in [5, 5.41) is 8.10. The van der Waals surface area contributed by atoms with Gasteiger partial charge in [0.05, 0.1) is 11.4 Å². The van der Waals surface area contributed by atoms with E-state index >= 15 is 0 Å². The Balaban J connectivity index is 2.57. The SMILES string of the molecule is CCc1cc(CNC(CC)CCCl)n(CC)n1. The number of aromatic nitrogens is 2. The van der Waals surface area contributed by atoms with Crippen molar-refractivity contribution in [2.75, 3.05) is 5.88 Å². The summed E-state index contributed by atoms with van der Waals surface area (Å²) in [5.41, 5.74) is 2.45. The van der Waals surface area contributed by atoms with Crippen LogP contribution in [-0.2, 0) is 19.5 Å². The first-order valence-electron chi connectivity index (χ1n) is 6.60. The van der Waals surface area contributed by atoms with Gasteiger partial charge < -0.3 is 5.32 Å². The van der Waals surface area contributed by atoms with Crippen LogP contribution >= 0.6 is 11.6 Å². The molecular weight excluding hydrogens is 234 g/mol. The summed E-state index contributed by atoms with van der Waals surface area (Å²) in [6.45, 7) is 8.28. The highest BCUT2D eigenvalue weighted by atomic mass is 35.5. The van der Waals surface area contributed by atoms with Crippen molar-refractivity contribution in [3.05, 3.63) is 17.5 Å². The van der Waals surface area contributed by atoms with Gasteiger partial charge >= 0.3 is 0 Å². The van der Waals surface area contributed by atoms with Gasteiger partial charge in [-0.05, 0) is 32.3 Å². The molecule has 0 aliphatic carbocycles. The van der Waals surface area contributed by atoms with Gasteiger partial charge in [0.2, 0.25) is 0 Å². The second kappa shape index (κ2) is 7.72. The topological polar surface area (TPSA) is 29.9 Å². The molecule has 1 atom stereocenters. The summed E-state index contributed by atoms with van der Waals surface area (Å²) in [4.78, 5) is 0. The van der Waals surface area contributed by atoms with Crippen molar-refractivity contribution in [3.8, 4) is 0 Å². The smallest absolute Gasteiger partial charge is 0.0625 e. The number of alkyl halides is 1. The molecule has 0 fully saturated rings. The molecule has 1 rings (SSSR count). The maximum Gasteiger partial charge on any atom is 0.0625 e. The first kappa shape index (κ1) is 14.5. The van der Waals surface area contributed by atoms with Crippen molar-refractivity contribution in [3.63, 3.8) is 0 Å². The standard InChI is InChI=1S/C13H24ClN3/c1-4-11(7-8-14)15-10-13-9-12(5-2)16-17(13)6-3/h9,11,15H,4-8,10H2,1-3H3. The summed E-state index contributed by atoms with van der Waals surface area (Å²) in [5.74, 6) is 0.721. The Hall–Kier alpha value is -0.540. The van der Waals surface area contributed by atoms with E-state index in [2.05, 4.69) is 41.9 Å². The molecule has 17 heavy (non-hydrogen) atoms. The van der Waals surface area contributed by atoms with Gasteiger partial charge in [-0.1, -0.05) is 13.8 Å². The van der Waals surface area contributed by atoms with E-state index in [9.17, 15) is 0 Å². The quantitative estimate of drug-likeness (QED) is 0.726. The second-order valence-electron chi connectivity index (χ2n) is 4.26. The van der Waals surface area contributed by atoms with Crippen LogP contribution in [0.15, 0.2) is 6.07 Å². The second-order valence-corrected chi connectivity index (χ2v) is 4.64. The Morgan fingerprint density at radius 3 is 2.71 bits per heavy atom. The monoisotopic (exact) mass is 257 g/mol. The number of nitrogens with one attached hydrogen (secondary N) is 1. The van der Waals surface area contributed by atoms with E-state index < -0.39 is 0 Å². The number of hydrogen-bond donors (Lipinski definition) is 1. The molecule has 0 spiro atoms. The van der Waals surface area contributed by atoms with Gasteiger partial charge in [0.15, 0.2) is 0 Å². The zero-order chi connectivity index (χ0) is 12.7. The molecule has 1 N–H and O–H groups in total. The minimum atomic E-state index is 0.512. The van der Waals surface area contributed by atoms with E-state index in [1.165, 1.54) is 11.4 Å². The number of rotatable bonds is 8. The van der Waals surface area contributed by atoms with Gasteiger partial charge in [-0.25, -0.2) is 0 Å². The molecule has 3 nitrogen and oxygen atoms in total. The lowest BCUT2D eigenvalue weighted by molar-refractivity contribution is 0.469. The predicted octanol–water partition coefficient (Wildman–Crippen LogP) is 2.96. The Bertz CT molecular complexity index is 322. The van der Waals surface area contributed by atoms with Gasteiger partial charge in [0, 0.05) is 25.0 Å². The molecule has 0 saturated carbocycles. The van der Waals surface area contributed by atoms with Gasteiger partial charge in [-0.15, -0.1) is 11.6 Å². The summed E-state index contributed by atoms with van der Waals surface area (Å²) < 4.78 is 2.08. The van der Waals surface area contributed by atoms with Gasteiger partial charge in [0.1, 0.15) is 0 Å². The van der Waals surface area contributed by atoms with Crippen LogP contribution in [-0.4, -0.2) is 21.7 Å². The third-order valence-corrected chi connectivity index (χ3v) is 3.32. The molecule has 0 aliphatic rings. The predicted molar refractivity (Wildman–Crippen MR) is 73.5 cm³/mol. The molecule has 0 aliphatic heterocycles. The Morgan fingerprint density at radius 2 is 2.18 bits per heavy atom. The van der Waals surface area contributed by atoms with Crippen LogP contribution in [0, 0.1) is 0 Å². The highest BCUT2D eigenvalue weighted by molar-refractivity contribution is 6.17. The molecule has 4 heteroatoms. The summed E-state index contributed by atoms with van der Waals surface area (Å²) >= 11 is 5.78. The fourth-order valence-corrected chi connectivity index (χ4v) is 2.20. The zero-order valence-corrected chi connectivity index (χ0v) is 11.9. The molecule has 0 bridgehead atoms. The summed E-state index contributed by atoms with van der Waals surface area (Å²) in [6.07, 6.45) is 3.14. The first-order valence-corrected chi connectivity index (χ1v) is 7.13. The fourth-order valence-electron chi connectivity index (χ4n) is 1.93. The van der Waals surface area contributed by atoms with E-state index in [1.54, 1.807) is 0 Å². The lowest BCUT2D eigenvalue weighted by atomic mass is 10.1. The van der Waals surface area contributed by atoms with Gasteiger partial charge in [0.25, 0.3) is 0 Å². The lowest BCUT2D eigenvalue weighted by Gasteiger charge is -2.15. The van der Waals surface area contributed by atoms with Crippen molar-refractivity contribution >= 4 is 11.6 Å². The summed E-state index contributed by atoms with van der Waals surface area (Å²) in [6, 6.07) is 2.71. The summed E-state index contributed by atoms with van der Waals surface area (Å²) in [7, 11) is 0. The molecule has 1 heterocycles. The number of aryl methyl sites for hydroxylation is 2. The van der Waals surface area contributed by atoms with E-state index in [0.717, 1.165) is 38.2 Å². The van der Waals surface area contributed by atoms with Crippen molar-refractivity contribution in [2.24, 2.45) is 0 Å². The molecular formula is C13H24ClN3. The largest absolute Gasteiger partial charge is 0.308 e. The molecule has 1 unspecified atom stereocenters. The third kappa shape index (κ3) is 4.32. The molecule has 0 radical (unpaired) electrons. The number of nitrogens with zero attached hydrogens (tertiary/aromatic N) is 2. The van der Waals surface area contributed by atoms with E-state index in [0.29, 0.717) is 6.04 Å². The van der Waals surface area contributed by atoms with Crippen molar-refractivity contribution in [1.29, 1.82) is 0 Å². The highest BCUT2D eigenvalue weighted by Gasteiger charge is 2.08. The molecule has 1 aromatic rings. The first-order chi connectivity index (χ1) is 8.24. The minimum absolute atomic E-state index is 0.512. The Morgan fingerprint density at radius 1 is 1.41 bits per heavy atom. The lowest BCUT2D eigenvalue weighted by Crippen LogP contribution is -2.29. The van der Waals surface area contributed by atoms with Gasteiger partial charge in [-0.3, -0.25) is 4.68 Å². The highest BCUT2D eigenvalue weighted by Crippen LogP contribution is 2.07. The van der Waals surface area contributed by atoms with Crippen molar-refractivity contribution < 1.29 is 0 Å². The number of hydrogen-bond acceptors (Lipinski definition) is 2. The van der Waals surface area contributed by atoms with Crippen LogP contribution in [0.3, 0.4) is 0 Å². The van der Waals surface area contributed by atoms with Crippen LogP contribution < -0.4 is 5.32 Å². The van der Waals surface area contributed by atoms with E-state index in [4.69, 9.17) is 11.6 Å². The van der Waals surface area contributed by atoms with Crippen LogP contribution in [0.2, 0.25) is 0 Å². The molecule has 0 saturated heterocycles. The van der Waals surface area contributed by atoms with Crippen LogP contribution in [0.5, 0.6) is 0 Å². The number of halogens is 1. The van der Waals surface area contributed by atoms with Crippen LogP contribution in [0.25, 0.3) is 0 Å².